The van der Waals surface area contributed by atoms with Gasteiger partial charge in [0.25, 0.3) is 0 Å². The fourth-order valence-corrected chi connectivity index (χ4v) is 3.09. The van der Waals surface area contributed by atoms with Crippen LogP contribution in [0.2, 0.25) is 0 Å². The van der Waals surface area contributed by atoms with E-state index in [-0.39, 0.29) is 6.10 Å². The topological polar surface area (TPSA) is 68.4 Å². The molecular weight excluding hydrogens is 240 g/mol. The first-order valence-electron chi connectivity index (χ1n) is 7.12. The minimum absolute atomic E-state index is 0.0973. The van der Waals surface area contributed by atoms with E-state index in [0.29, 0.717) is 18.2 Å². The average Bonchev–Trinajstić information content (AvgIpc) is 2.43. The monoisotopic (exact) mass is 264 g/mol. The summed E-state index contributed by atoms with van der Waals surface area (Å²) in [6, 6.07) is 3.76. The number of aromatic nitrogens is 1. The molecule has 0 aliphatic heterocycles. The van der Waals surface area contributed by atoms with Crippen LogP contribution in [-0.2, 0) is 11.2 Å². The molecule has 1 fully saturated rings. The van der Waals surface area contributed by atoms with Gasteiger partial charge in [-0.3, -0.25) is 0 Å². The molecule has 19 heavy (non-hydrogen) atoms. The molecule has 1 aliphatic rings. The van der Waals surface area contributed by atoms with Crippen molar-refractivity contribution in [1.29, 1.82) is 0 Å². The van der Waals surface area contributed by atoms with Gasteiger partial charge in [-0.25, -0.2) is 4.98 Å². The van der Waals surface area contributed by atoms with E-state index in [2.05, 4.69) is 4.98 Å². The number of nitrogens with zero attached hydrogens (tertiary/aromatic N) is 1. The molecule has 3 N–H and O–H groups in total. The van der Waals surface area contributed by atoms with Crippen molar-refractivity contribution in [3.63, 3.8) is 0 Å². The molecule has 2 rings (SSSR count). The van der Waals surface area contributed by atoms with Gasteiger partial charge in [-0.05, 0) is 30.4 Å². The van der Waals surface area contributed by atoms with Gasteiger partial charge in [-0.15, -0.1) is 0 Å². The van der Waals surface area contributed by atoms with E-state index in [9.17, 15) is 5.11 Å². The number of rotatable bonds is 5. The molecule has 1 aromatic rings. The van der Waals surface area contributed by atoms with Gasteiger partial charge in [0, 0.05) is 19.7 Å². The van der Waals surface area contributed by atoms with Crippen LogP contribution in [0.1, 0.15) is 37.7 Å². The van der Waals surface area contributed by atoms with E-state index in [1.807, 2.05) is 12.1 Å². The third-order valence-corrected chi connectivity index (χ3v) is 4.12. The first kappa shape index (κ1) is 14.3. The number of anilines is 1. The smallest absolute Gasteiger partial charge is 0.126 e. The summed E-state index contributed by atoms with van der Waals surface area (Å²) in [7, 11) is 1.69. The molecule has 2 atom stereocenters. The van der Waals surface area contributed by atoms with Crippen LogP contribution in [0, 0.1) is 5.92 Å². The van der Waals surface area contributed by atoms with Crippen LogP contribution in [0.5, 0.6) is 0 Å². The molecule has 0 bridgehead atoms. The quantitative estimate of drug-likeness (QED) is 0.855. The Morgan fingerprint density at radius 1 is 1.42 bits per heavy atom. The predicted octanol–water partition coefficient (Wildman–Crippen LogP) is 2.16. The van der Waals surface area contributed by atoms with Crippen molar-refractivity contribution in [2.45, 2.75) is 50.7 Å². The summed E-state index contributed by atoms with van der Waals surface area (Å²) in [6.07, 6.45) is 7.65. The number of methoxy groups -OCH3 is 1. The molecule has 0 spiro atoms. The van der Waals surface area contributed by atoms with E-state index in [1.165, 1.54) is 19.3 Å². The Balaban J connectivity index is 2.00. The van der Waals surface area contributed by atoms with Crippen molar-refractivity contribution in [2.24, 2.45) is 5.92 Å². The summed E-state index contributed by atoms with van der Waals surface area (Å²) in [5.41, 5.74) is 6.72. The molecule has 1 heterocycles. The maximum absolute atomic E-state index is 10.4. The summed E-state index contributed by atoms with van der Waals surface area (Å²) < 4.78 is 5.55. The summed E-state index contributed by atoms with van der Waals surface area (Å²) in [5, 5.41) is 10.4. The average molecular weight is 264 g/mol. The van der Waals surface area contributed by atoms with Crippen LogP contribution < -0.4 is 5.73 Å². The molecule has 4 heteroatoms. The zero-order chi connectivity index (χ0) is 13.7. The van der Waals surface area contributed by atoms with Gasteiger partial charge in [0.1, 0.15) is 5.82 Å². The molecule has 1 aliphatic carbocycles. The van der Waals surface area contributed by atoms with Crippen LogP contribution in [-0.4, -0.2) is 29.4 Å². The summed E-state index contributed by atoms with van der Waals surface area (Å²) in [4.78, 5) is 4.06. The lowest BCUT2D eigenvalue weighted by molar-refractivity contribution is -0.0535. The number of hydrogen-bond donors (Lipinski definition) is 2. The number of nitrogen functional groups attached to an aromatic ring is 1. The van der Waals surface area contributed by atoms with Crippen molar-refractivity contribution in [3.05, 3.63) is 23.9 Å². The number of pyridine rings is 1. The summed E-state index contributed by atoms with van der Waals surface area (Å²) >= 11 is 0. The van der Waals surface area contributed by atoms with Crippen molar-refractivity contribution < 1.29 is 9.84 Å². The molecule has 0 radical (unpaired) electrons. The zero-order valence-corrected chi connectivity index (χ0v) is 11.6. The Hall–Kier alpha value is -1.13. The SMILES string of the molecule is COC(C(O)Cc1cccnc1N)C1CCCCC1. The van der Waals surface area contributed by atoms with E-state index in [1.54, 1.807) is 13.3 Å². The minimum Gasteiger partial charge on any atom is -0.390 e. The number of aliphatic hydroxyl groups is 1. The fourth-order valence-electron chi connectivity index (χ4n) is 3.09. The highest BCUT2D eigenvalue weighted by Gasteiger charge is 2.29. The number of ether oxygens (including phenoxy) is 1. The lowest BCUT2D eigenvalue weighted by atomic mass is 9.82. The lowest BCUT2D eigenvalue weighted by Crippen LogP contribution is -2.37. The summed E-state index contributed by atoms with van der Waals surface area (Å²) in [5.74, 6) is 0.965. The Kier molecular flexibility index (Phi) is 5.16. The third kappa shape index (κ3) is 3.67. The van der Waals surface area contributed by atoms with Crippen molar-refractivity contribution >= 4 is 5.82 Å². The van der Waals surface area contributed by atoms with Gasteiger partial charge >= 0.3 is 0 Å². The van der Waals surface area contributed by atoms with Gasteiger partial charge in [0.15, 0.2) is 0 Å². The molecule has 106 valence electrons. The molecular formula is C15H24N2O2. The zero-order valence-electron chi connectivity index (χ0n) is 11.6. The van der Waals surface area contributed by atoms with Crippen LogP contribution in [0.4, 0.5) is 5.82 Å². The highest BCUT2D eigenvalue weighted by Crippen LogP contribution is 2.30. The van der Waals surface area contributed by atoms with Gasteiger partial charge < -0.3 is 15.6 Å². The van der Waals surface area contributed by atoms with Gasteiger partial charge in [-0.1, -0.05) is 25.3 Å². The van der Waals surface area contributed by atoms with Crippen LogP contribution >= 0.6 is 0 Å². The Labute approximate surface area is 115 Å². The second-order valence-electron chi connectivity index (χ2n) is 5.42. The maximum Gasteiger partial charge on any atom is 0.126 e. The Morgan fingerprint density at radius 2 is 2.16 bits per heavy atom. The van der Waals surface area contributed by atoms with Gasteiger partial charge in [0.05, 0.1) is 12.2 Å². The summed E-state index contributed by atoms with van der Waals surface area (Å²) in [6.45, 7) is 0. The van der Waals surface area contributed by atoms with Crippen LogP contribution in [0.25, 0.3) is 0 Å². The first-order valence-corrected chi connectivity index (χ1v) is 7.12. The number of nitrogens with two attached hydrogens (primary N) is 1. The molecule has 1 aromatic heterocycles. The van der Waals surface area contributed by atoms with E-state index in [0.717, 1.165) is 18.4 Å². The molecule has 0 aromatic carbocycles. The fraction of sp³-hybridized carbons (Fsp3) is 0.667. The second-order valence-corrected chi connectivity index (χ2v) is 5.42. The standard InChI is InChI=1S/C15H24N2O2/c1-19-14(11-6-3-2-4-7-11)13(18)10-12-8-5-9-17-15(12)16/h5,8-9,11,13-14,18H,2-4,6-7,10H2,1H3,(H2,16,17). The van der Waals surface area contributed by atoms with E-state index in [4.69, 9.17) is 10.5 Å². The molecule has 0 amide bonds. The highest BCUT2D eigenvalue weighted by molar-refractivity contribution is 5.38. The molecule has 1 saturated carbocycles. The minimum atomic E-state index is -0.514. The normalized spacial score (nSPS) is 20.1. The van der Waals surface area contributed by atoms with Crippen LogP contribution in [0.3, 0.4) is 0 Å². The number of hydrogen-bond acceptors (Lipinski definition) is 4. The number of aliphatic hydroxyl groups excluding tert-OH is 1. The second kappa shape index (κ2) is 6.87. The van der Waals surface area contributed by atoms with Crippen molar-refractivity contribution in [3.8, 4) is 0 Å². The van der Waals surface area contributed by atoms with E-state index < -0.39 is 6.10 Å². The highest BCUT2D eigenvalue weighted by atomic mass is 16.5. The first-order chi connectivity index (χ1) is 9.22. The van der Waals surface area contributed by atoms with Crippen molar-refractivity contribution in [2.75, 3.05) is 12.8 Å². The lowest BCUT2D eigenvalue weighted by Gasteiger charge is -2.32. The molecule has 0 saturated heterocycles. The van der Waals surface area contributed by atoms with E-state index >= 15 is 0 Å². The Bertz CT molecular complexity index is 391. The Morgan fingerprint density at radius 3 is 2.79 bits per heavy atom. The maximum atomic E-state index is 10.4. The van der Waals surface area contributed by atoms with Crippen LogP contribution in [0.15, 0.2) is 18.3 Å². The predicted molar refractivity (Wildman–Crippen MR) is 75.7 cm³/mol. The molecule has 2 unspecified atom stereocenters. The largest absolute Gasteiger partial charge is 0.390 e. The van der Waals surface area contributed by atoms with Gasteiger partial charge in [0.2, 0.25) is 0 Å². The van der Waals surface area contributed by atoms with Crippen molar-refractivity contribution in [1.82, 2.24) is 4.98 Å². The molecule has 4 nitrogen and oxygen atoms in total. The van der Waals surface area contributed by atoms with Gasteiger partial charge in [-0.2, -0.15) is 0 Å². The third-order valence-electron chi connectivity index (χ3n) is 4.12.